The Kier molecular flexibility index (Phi) is 8.04. The Morgan fingerprint density at radius 1 is 0.511 bits per heavy atom. The molecule has 0 radical (unpaired) electrons. The van der Waals surface area contributed by atoms with Crippen LogP contribution < -0.4 is 4.74 Å². The highest BCUT2D eigenvalue weighted by Gasteiger charge is 2.47. The van der Waals surface area contributed by atoms with Crippen LogP contribution in [0.2, 0.25) is 0 Å². The van der Waals surface area contributed by atoms with E-state index in [1.807, 2.05) is 0 Å². The molecule has 0 spiro atoms. The van der Waals surface area contributed by atoms with Crippen LogP contribution in [0.3, 0.4) is 0 Å². The Bertz CT molecular complexity index is 1560. The second-order valence-corrected chi connectivity index (χ2v) is 14.6. The van der Waals surface area contributed by atoms with Crippen molar-refractivity contribution in [3.05, 3.63) is 68.2 Å². The van der Waals surface area contributed by atoms with Gasteiger partial charge >= 0.3 is 0 Å². The molecule has 6 unspecified atom stereocenters. The monoisotopic (exact) mass is 666 g/mol. The summed E-state index contributed by atoms with van der Waals surface area (Å²) in [6.07, 6.45) is 0. The molecule has 0 aromatic heterocycles. The van der Waals surface area contributed by atoms with E-state index in [0.29, 0.717) is 0 Å². The summed E-state index contributed by atoms with van der Waals surface area (Å²) >= 11 is 0. The van der Waals surface area contributed by atoms with E-state index in [4.69, 9.17) is 4.74 Å². The van der Waals surface area contributed by atoms with Crippen molar-refractivity contribution in [1.82, 2.24) is 39.6 Å². The Morgan fingerprint density at radius 2 is 0.889 bits per heavy atom. The molecule has 2 aromatic carbocycles. The first-order chi connectivity index (χ1) is 21.6. The number of ether oxygens (including phenoxy) is 1. The molecule has 45 heavy (non-hydrogen) atoms. The summed E-state index contributed by atoms with van der Waals surface area (Å²) in [5, 5.41) is 15.6. The fourth-order valence-corrected chi connectivity index (χ4v) is 9.19. The smallest absolute Gasteiger partial charge is 0.215 e. The van der Waals surface area contributed by atoms with E-state index >= 15 is 0 Å². The van der Waals surface area contributed by atoms with Gasteiger partial charge in [0.2, 0.25) is 30.7 Å². The standard InChI is InChI=1S/C22H26N12O9S2/c35-23-31-11-27-9-29(15-31)21(33(13-27)25-37)44(39,40)19-5-1-17(2-6-19)43-18-3-7-20(8-4-18)45(41,42)22-30-10-28(14-34(22)26-38)12-32(16-30)24-36/h1-8,21-22H,9-16H2. The van der Waals surface area contributed by atoms with Crippen molar-refractivity contribution < 1.29 is 21.6 Å². The van der Waals surface area contributed by atoms with Crippen molar-refractivity contribution in [2.24, 2.45) is 21.1 Å². The van der Waals surface area contributed by atoms with Gasteiger partial charge in [-0.15, -0.1) is 19.6 Å². The molecule has 0 saturated carbocycles. The molecule has 21 nitrogen and oxygen atoms in total. The van der Waals surface area contributed by atoms with Gasteiger partial charge in [0.15, 0.2) is 0 Å². The van der Waals surface area contributed by atoms with Gasteiger partial charge in [0, 0.05) is 0 Å². The van der Waals surface area contributed by atoms with Crippen LogP contribution in [0.15, 0.2) is 79.5 Å². The van der Waals surface area contributed by atoms with Gasteiger partial charge in [-0.1, -0.05) is 0 Å². The Hall–Kier alpha value is -4.42. The topological polar surface area (TPSA) is 221 Å². The minimum absolute atomic E-state index is 0.113. The maximum absolute atomic E-state index is 13.5. The maximum Gasteiger partial charge on any atom is 0.215 e. The van der Waals surface area contributed by atoms with Crippen molar-refractivity contribution in [2.75, 3.05) is 53.3 Å². The van der Waals surface area contributed by atoms with Gasteiger partial charge in [0.1, 0.15) is 11.5 Å². The number of fused-ring (bicyclic) bond motifs is 4. The number of nitroso groups, excluding NO2 is 4. The van der Waals surface area contributed by atoms with Gasteiger partial charge in [0.05, 0.1) is 84.3 Å². The van der Waals surface area contributed by atoms with Crippen LogP contribution in [0.1, 0.15) is 0 Å². The van der Waals surface area contributed by atoms with Crippen LogP contribution >= 0.6 is 0 Å². The highest BCUT2D eigenvalue weighted by atomic mass is 32.2. The molecule has 0 amide bonds. The summed E-state index contributed by atoms with van der Waals surface area (Å²) in [6, 6.07) is 10.8. The van der Waals surface area contributed by atoms with E-state index in [-0.39, 0.29) is 74.6 Å². The van der Waals surface area contributed by atoms with E-state index in [2.05, 4.69) is 21.1 Å². The predicted molar refractivity (Wildman–Crippen MR) is 152 cm³/mol. The zero-order valence-electron chi connectivity index (χ0n) is 23.3. The van der Waals surface area contributed by atoms with Crippen molar-refractivity contribution in [1.29, 1.82) is 0 Å². The second-order valence-electron chi connectivity index (χ2n) is 10.7. The van der Waals surface area contributed by atoms with Crippen molar-refractivity contribution >= 4 is 19.7 Å². The van der Waals surface area contributed by atoms with Gasteiger partial charge in [-0.3, -0.25) is 9.80 Å². The predicted octanol–water partition coefficient (Wildman–Crippen LogP) is 0.450. The lowest BCUT2D eigenvalue weighted by molar-refractivity contribution is -0.135. The van der Waals surface area contributed by atoms with Gasteiger partial charge in [-0.05, 0) is 48.5 Å². The molecular weight excluding hydrogens is 640 g/mol. The van der Waals surface area contributed by atoms with Crippen LogP contribution in [-0.2, 0) is 19.7 Å². The summed E-state index contributed by atoms with van der Waals surface area (Å²) in [5.74, 6) is 0.468. The largest absolute Gasteiger partial charge is 0.457 e. The van der Waals surface area contributed by atoms with Crippen molar-refractivity contribution in [3.8, 4) is 11.5 Å². The summed E-state index contributed by atoms with van der Waals surface area (Å²) < 4.78 is 60.0. The first-order valence-corrected chi connectivity index (χ1v) is 16.3. The molecule has 240 valence electrons. The molecule has 0 N–H and O–H groups in total. The van der Waals surface area contributed by atoms with Crippen LogP contribution in [0.25, 0.3) is 0 Å². The molecule has 4 heterocycles. The van der Waals surface area contributed by atoms with Crippen LogP contribution in [0, 0.1) is 19.6 Å². The third-order valence-electron chi connectivity index (χ3n) is 7.54. The first kappa shape index (κ1) is 30.6. The molecule has 23 heteroatoms. The average molecular weight is 667 g/mol. The minimum atomic E-state index is -4.17. The van der Waals surface area contributed by atoms with Crippen LogP contribution in [0.5, 0.6) is 11.5 Å². The molecule has 0 aliphatic carbocycles. The number of hydrogen-bond donors (Lipinski definition) is 0. The second kappa shape index (κ2) is 11.8. The third kappa shape index (κ3) is 5.64. The molecule has 6 atom stereocenters. The Labute approximate surface area is 255 Å². The molecule has 4 aliphatic rings. The molecule has 2 aromatic rings. The number of rotatable bonds is 10. The minimum Gasteiger partial charge on any atom is -0.457 e. The zero-order chi connectivity index (χ0) is 31.9. The van der Waals surface area contributed by atoms with Gasteiger partial charge in [-0.2, -0.15) is 0 Å². The van der Waals surface area contributed by atoms with Gasteiger partial charge < -0.3 is 4.74 Å². The third-order valence-corrected chi connectivity index (χ3v) is 11.6. The summed E-state index contributed by atoms with van der Waals surface area (Å²) in [4.78, 5) is 51.0. The van der Waals surface area contributed by atoms with Gasteiger partial charge in [0.25, 0.3) is 0 Å². The molecule has 4 bridgehead atoms. The number of hydrogen-bond acceptors (Lipinski definition) is 17. The van der Waals surface area contributed by atoms with Crippen molar-refractivity contribution in [3.63, 3.8) is 0 Å². The highest BCUT2D eigenvalue weighted by Crippen LogP contribution is 2.32. The maximum atomic E-state index is 13.5. The number of benzene rings is 2. The average Bonchev–Trinajstić information content (AvgIpc) is 3.03. The van der Waals surface area contributed by atoms with E-state index in [1.54, 1.807) is 9.80 Å². The molecular formula is C22H26N12O9S2. The summed E-state index contributed by atoms with van der Waals surface area (Å²) in [5.41, 5.74) is -2.92. The van der Waals surface area contributed by atoms with E-state index in [1.165, 1.54) is 58.3 Å². The lowest BCUT2D eigenvalue weighted by Gasteiger charge is -2.49. The molecule has 4 saturated heterocycles. The van der Waals surface area contributed by atoms with Crippen LogP contribution in [-0.4, -0.2) is 121 Å². The van der Waals surface area contributed by atoms with Crippen molar-refractivity contribution in [2.45, 2.75) is 20.8 Å². The van der Waals surface area contributed by atoms with E-state index < -0.39 is 30.7 Å². The highest BCUT2D eigenvalue weighted by molar-refractivity contribution is 7.92. The normalized spacial score (nSPS) is 28.3. The molecule has 4 fully saturated rings. The molecule has 4 aliphatic heterocycles. The van der Waals surface area contributed by atoms with Gasteiger partial charge in [-0.25, -0.2) is 46.7 Å². The van der Waals surface area contributed by atoms with E-state index in [0.717, 1.165) is 20.0 Å². The lowest BCUT2D eigenvalue weighted by Crippen LogP contribution is -2.68. The number of sulfone groups is 2. The zero-order valence-corrected chi connectivity index (χ0v) is 24.9. The fourth-order valence-electron chi connectivity index (χ4n) is 5.77. The first-order valence-electron chi connectivity index (χ1n) is 13.2. The lowest BCUT2D eigenvalue weighted by atomic mass is 10.3. The fraction of sp³-hybridized carbons (Fsp3) is 0.455. The number of nitrogens with zero attached hydrogens (tertiary/aromatic N) is 12. The Morgan fingerprint density at radius 3 is 1.22 bits per heavy atom. The van der Waals surface area contributed by atoms with Crippen LogP contribution in [0.4, 0.5) is 0 Å². The molecule has 6 rings (SSSR count). The SMILES string of the molecule is O=NN1CN2CN(C1)C(S(=O)(=O)c1ccc(Oc3ccc(S(=O)(=O)C4N5CN(CN(N=O)C5)CN4N=O)cc3)cc1)N(N=O)C2. The van der Waals surface area contributed by atoms with E-state index in [9.17, 15) is 36.5 Å². The summed E-state index contributed by atoms with van der Waals surface area (Å²) in [6.45, 7) is 0.171. The quantitative estimate of drug-likeness (QED) is 0.314. The summed E-state index contributed by atoms with van der Waals surface area (Å²) in [7, 11) is -8.35. The Balaban J connectivity index is 1.17.